The Morgan fingerprint density at radius 1 is 0.647 bits per heavy atom. The first kappa shape index (κ1) is 21.9. The predicted molar refractivity (Wildman–Crippen MR) is 127 cm³/mol. The van der Waals surface area contributed by atoms with Crippen molar-refractivity contribution in [2.45, 2.75) is 0 Å². The van der Waals surface area contributed by atoms with E-state index in [0.29, 0.717) is 59.9 Å². The Balaban J connectivity index is 1.37. The van der Waals surface area contributed by atoms with Crippen LogP contribution < -0.4 is 9.80 Å². The second-order valence-electron chi connectivity index (χ2n) is 7.51. The highest BCUT2D eigenvalue weighted by Gasteiger charge is 2.25. The minimum Gasteiger partial charge on any atom is -0.350 e. The third kappa shape index (κ3) is 3.97. The number of rotatable bonds is 4. The highest BCUT2D eigenvalue weighted by atomic mass is 35.5. The summed E-state index contributed by atoms with van der Waals surface area (Å²) in [5.41, 5.74) is 1.54. The van der Waals surface area contributed by atoms with Gasteiger partial charge in [0.1, 0.15) is 0 Å². The maximum atomic E-state index is 11.0. The number of hydrogen-bond acceptors (Lipinski definition) is 10. The average Bonchev–Trinajstić information content (AvgIpc) is 2.82. The molecule has 0 unspecified atom stereocenters. The molecule has 14 heteroatoms. The Hall–Kier alpha value is -3.90. The Kier molecular flexibility index (Phi) is 5.46. The normalized spacial score (nSPS) is 14.1. The van der Waals surface area contributed by atoms with Crippen LogP contribution >= 0.6 is 23.2 Å². The Morgan fingerprint density at radius 2 is 1.03 bits per heavy atom. The van der Waals surface area contributed by atoms with Crippen LogP contribution in [0.15, 0.2) is 36.4 Å². The van der Waals surface area contributed by atoms with Crippen LogP contribution in [0.25, 0.3) is 22.1 Å². The monoisotopic (exact) mass is 500 g/mol. The summed E-state index contributed by atoms with van der Waals surface area (Å²) in [7, 11) is 0. The fourth-order valence-electron chi connectivity index (χ4n) is 3.78. The quantitative estimate of drug-likeness (QED) is 0.297. The van der Waals surface area contributed by atoms with E-state index in [1.165, 1.54) is 24.3 Å². The molecule has 0 aliphatic carbocycles. The molecule has 1 saturated heterocycles. The molecule has 0 saturated carbocycles. The average molecular weight is 501 g/mol. The standard InChI is InChI=1S/C20H14Cl2N8O4/c21-17-19(25-13-3-1-11(29(31)32)9-15(13)23-17)27-5-7-28(8-6-27)20-18(22)24-16-10-12(30(33)34)2-4-14(16)26-20/h1-4,9-10H,5-8H2. The van der Waals surface area contributed by atoms with E-state index in [9.17, 15) is 20.2 Å². The Morgan fingerprint density at radius 3 is 1.38 bits per heavy atom. The van der Waals surface area contributed by atoms with Crippen LogP contribution in [-0.4, -0.2) is 56.0 Å². The zero-order valence-corrected chi connectivity index (χ0v) is 18.8. The van der Waals surface area contributed by atoms with Crippen molar-refractivity contribution in [2.75, 3.05) is 36.0 Å². The lowest BCUT2D eigenvalue weighted by Crippen LogP contribution is -2.47. The molecule has 0 amide bonds. The minimum absolute atomic E-state index is 0.0813. The van der Waals surface area contributed by atoms with E-state index in [0.717, 1.165) is 0 Å². The third-order valence-electron chi connectivity index (χ3n) is 5.48. The number of nitrogens with zero attached hydrogens (tertiary/aromatic N) is 8. The van der Waals surface area contributed by atoms with Gasteiger partial charge < -0.3 is 9.80 Å². The number of aromatic nitrogens is 4. The van der Waals surface area contributed by atoms with Crippen LogP contribution in [0.3, 0.4) is 0 Å². The van der Waals surface area contributed by atoms with Gasteiger partial charge in [-0.15, -0.1) is 0 Å². The number of piperazine rings is 1. The first-order valence-corrected chi connectivity index (χ1v) is 10.8. The van der Waals surface area contributed by atoms with E-state index >= 15 is 0 Å². The Bertz CT molecular complexity index is 1370. The van der Waals surface area contributed by atoms with Crippen molar-refractivity contribution in [3.05, 3.63) is 66.9 Å². The van der Waals surface area contributed by atoms with Crippen molar-refractivity contribution < 1.29 is 9.85 Å². The summed E-state index contributed by atoms with van der Waals surface area (Å²) in [5.74, 6) is 0.983. The first-order valence-electron chi connectivity index (χ1n) is 10.0. The molecule has 0 N–H and O–H groups in total. The van der Waals surface area contributed by atoms with Gasteiger partial charge >= 0.3 is 0 Å². The number of fused-ring (bicyclic) bond motifs is 2. The zero-order chi connectivity index (χ0) is 24.0. The van der Waals surface area contributed by atoms with E-state index in [1.54, 1.807) is 12.1 Å². The molecule has 2 aromatic carbocycles. The van der Waals surface area contributed by atoms with Crippen molar-refractivity contribution in [2.24, 2.45) is 0 Å². The Labute approximate surface area is 201 Å². The van der Waals surface area contributed by atoms with Crippen LogP contribution in [0.1, 0.15) is 0 Å². The number of non-ortho nitro benzene ring substituents is 2. The van der Waals surface area contributed by atoms with E-state index in [4.69, 9.17) is 23.2 Å². The molecule has 4 aromatic rings. The molecular formula is C20H14Cl2N8O4. The number of anilines is 2. The SMILES string of the molecule is O=[N+]([O-])c1ccc2nc(N3CCN(c4nc5ccc([N+](=O)[O-])cc5nc4Cl)CC3)c(Cl)nc2c1. The molecule has 1 aliphatic rings. The van der Waals surface area contributed by atoms with Gasteiger partial charge in [-0.1, -0.05) is 23.2 Å². The smallest absolute Gasteiger partial charge is 0.271 e. The van der Waals surface area contributed by atoms with E-state index in [1.807, 2.05) is 9.80 Å². The number of halogens is 2. The summed E-state index contributed by atoms with van der Waals surface area (Å²) in [5, 5.41) is 22.3. The van der Waals surface area contributed by atoms with Crippen molar-refractivity contribution in [3.8, 4) is 0 Å². The largest absolute Gasteiger partial charge is 0.350 e. The van der Waals surface area contributed by atoms with Crippen LogP contribution in [-0.2, 0) is 0 Å². The zero-order valence-electron chi connectivity index (χ0n) is 17.3. The van der Waals surface area contributed by atoms with Gasteiger partial charge in [0.25, 0.3) is 11.4 Å². The molecule has 2 aromatic heterocycles. The number of nitro groups is 2. The van der Waals surface area contributed by atoms with Crippen LogP contribution in [0.2, 0.25) is 10.3 Å². The molecule has 0 radical (unpaired) electrons. The van der Waals surface area contributed by atoms with Gasteiger partial charge in [0, 0.05) is 50.4 Å². The van der Waals surface area contributed by atoms with Gasteiger partial charge in [0.05, 0.1) is 31.9 Å². The van der Waals surface area contributed by atoms with Gasteiger partial charge in [0.15, 0.2) is 21.9 Å². The van der Waals surface area contributed by atoms with Gasteiger partial charge in [-0.05, 0) is 12.1 Å². The predicted octanol–water partition coefficient (Wildman–Crippen LogP) is 4.02. The molecule has 1 aliphatic heterocycles. The fourth-order valence-corrected chi connectivity index (χ4v) is 4.29. The number of benzene rings is 2. The molecule has 0 spiro atoms. The van der Waals surface area contributed by atoms with Gasteiger partial charge in [0.2, 0.25) is 0 Å². The second kappa shape index (κ2) is 8.47. The summed E-state index contributed by atoms with van der Waals surface area (Å²) in [4.78, 5) is 42.6. The molecule has 34 heavy (non-hydrogen) atoms. The summed E-state index contributed by atoms with van der Waals surface area (Å²) in [6.07, 6.45) is 0. The highest BCUT2D eigenvalue weighted by molar-refractivity contribution is 6.32. The van der Waals surface area contributed by atoms with Gasteiger partial charge in [-0.25, -0.2) is 19.9 Å². The maximum absolute atomic E-state index is 11.0. The van der Waals surface area contributed by atoms with Crippen LogP contribution in [0, 0.1) is 20.2 Å². The first-order chi connectivity index (χ1) is 16.3. The number of hydrogen-bond donors (Lipinski definition) is 0. The third-order valence-corrected chi connectivity index (χ3v) is 5.98. The summed E-state index contributed by atoms with van der Waals surface area (Å²) >= 11 is 12.7. The number of nitro benzene ring substituents is 2. The van der Waals surface area contributed by atoms with Crippen LogP contribution in [0.4, 0.5) is 23.0 Å². The van der Waals surface area contributed by atoms with Gasteiger partial charge in [-0.3, -0.25) is 20.2 Å². The second-order valence-corrected chi connectivity index (χ2v) is 8.23. The lowest BCUT2D eigenvalue weighted by atomic mass is 10.2. The highest BCUT2D eigenvalue weighted by Crippen LogP contribution is 2.30. The molecule has 5 rings (SSSR count). The topological polar surface area (TPSA) is 144 Å². The van der Waals surface area contributed by atoms with Crippen LogP contribution in [0.5, 0.6) is 0 Å². The van der Waals surface area contributed by atoms with Crippen molar-refractivity contribution >= 4 is 68.3 Å². The molecule has 1 fully saturated rings. The van der Waals surface area contributed by atoms with E-state index in [-0.39, 0.29) is 21.7 Å². The molecule has 3 heterocycles. The summed E-state index contributed by atoms with van der Waals surface area (Å²) < 4.78 is 0. The maximum Gasteiger partial charge on any atom is 0.271 e. The molecular weight excluding hydrogens is 487 g/mol. The van der Waals surface area contributed by atoms with Crippen molar-refractivity contribution in [3.63, 3.8) is 0 Å². The molecule has 172 valence electrons. The summed E-state index contributed by atoms with van der Waals surface area (Å²) in [6, 6.07) is 8.52. The van der Waals surface area contributed by atoms with Crippen molar-refractivity contribution in [1.82, 2.24) is 19.9 Å². The molecule has 0 atom stereocenters. The molecule has 0 bridgehead atoms. The minimum atomic E-state index is -0.496. The fraction of sp³-hybridized carbons (Fsp3) is 0.200. The lowest BCUT2D eigenvalue weighted by Gasteiger charge is -2.36. The molecule has 12 nitrogen and oxygen atoms in total. The van der Waals surface area contributed by atoms with E-state index < -0.39 is 9.85 Å². The summed E-state index contributed by atoms with van der Waals surface area (Å²) in [6.45, 7) is 2.18. The van der Waals surface area contributed by atoms with E-state index in [2.05, 4.69) is 19.9 Å². The lowest BCUT2D eigenvalue weighted by molar-refractivity contribution is -0.384. The van der Waals surface area contributed by atoms with Gasteiger partial charge in [-0.2, -0.15) is 0 Å². The van der Waals surface area contributed by atoms with Crippen molar-refractivity contribution in [1.29, 1.82) is 0 Å².